The molecular formula is C24H27ClN4. The van der Waals surface area contributed by atoms with Crippen molar-refractivity contribution in [3.05, 3.63) is 71.9 Å². The zero-order chi connectivity index (χ0) is 19.6. The van der Waals surface area contributed by atoms with Crippen LogP contribution in [0.3, 0.4) is 0 Å². The molecule has 29 heavy (non-hydrogen) atoms. The second-order valence-corrected chi connectivity index (χ2v) is 8.60. The number of benzene rings is 2. The molecule has 2 atom stereocenters. The van der Waals surface area contributed by atoms with Crippen LogP contribution in [0.15, 0.2) is 66.9 Å². The molecule has 2 fully saturated rings. The molecule has 0 bridgehead atoms. The van der Waals surface area contributed by atoms with Crippen molar-refractivity contribution in [2.24, 2.45) is 0 Å². The van der Waals surface area contributed by atoms with Crippen LogP contribution in [0.5, 0.6) is 0 Å². The van der Waals surface area contributed by atoms with Crippen molar-refractivity contribution in [2.45, 2.75) is 31.3 Å². The van der Waals surface area contributed by atoms with Gasteiger partial charge in [0.15, 0.2) is 0 Å². The summed E-state index contributed by atoms with van der Waals surface area (Å²) in [5.41, 5.74) is 3.55. The van der Waals surface area contributed by atoms with Crippen molar-refractivity contribution in [1.29, 1.82) is 0 Å². The van der Waals surface area contributed by atoms with Gasteiger partial charge in [0.05, 0.1) is 11.7 Å². The molecule has 1 saturated carbocycles. The highest BCUT2D eigenvalue weighted by Crippen LogP contribution is 2.34. The Morgan fingerprint density at radius 3 is 2.28 bits per heavy atom. The molecule has 0 unspecified atom stereocenters. The minimum atomic E-state index is 0.520. The van der Waals surface area contributed by atoms with E-state index in [1.807, 2.05) is 12.1 Å². The molecule has 0 spiro atoms. The van der Waals surface area contributed by atoms with Gasteiger partial charge in [0.2, 0.25) is 0 Å². The van der Waals surface area contributed by atoms with E-state index in [0.717, 1.165) is 36.9 Å². The van der Waals surface area contributed by atoms with E-state index in [-0.39, 0.29) is 0 Å². The van der Waals surface area contributed by atoms with Crippen LogP contribution in [-0.4, -0.2) is 46.9 Å². The molecule has 0 amide bonds. The van der Waals surface area contributed by atoms with Gasteiger partial charge in [0, 0.05) is 54.7 Å². The molecule has 2 aliphatic rings. The first-order valence-corrected chi connectivity index (χ1v) is 11.0. The fourth-order valence-electron chi connectivity index (χ4n) is 4.81. The lowest BCUT2D eigenvalue weighted by Crippen LogP contribution is -2.49. The lowest BCUT2D eigenvalue weighted by atomic mass is 10.1. The summed E-state index contributed by atoms with van der Waals surface area (Å²) in [6, 6.07) is 22.0. The third kappa shape index (κ3) is 4.05. The molecular weight excluding hydrogens is 380 g/mol. The van der Waals surface area contributed by atoms with Gasteiger partial charge in [0.1, 0.15) is 0 Å². The first-order valence-electron chi connectivity index (χ1n) is 10.6. The molecule has 1 saturated heterocycles. The van der Waals surface area contributed by atoms with Gasteiger partial charge < -0.3 is 4.90 Å². The molecule has 150 valence electrons. The highest BCUT2D eigenvalue weighted by Gasteiger charge is 2.32. The van der Waals surface area contributed by atoms with Crippen molar-refractivity contribution in [2.75, 3.05) is 31.1 Å². The van der Waals surface area contributed by atoms with E-state index in [1.54, 1.807) is 0 Å². The van der Waals surface area contributed by atoms with Crippen molar-refractivity contribution >= 4 is 17.3 Å². The third-order valence-electron chi connectivity index (χ3n) is 6.45. The number of nitrogens with zero attached hydrogens (tertiary/aromatic N) is 4. The lowest BCUT2D eigenvalue weighted by Gasteiger charge is -2.39. The van der Waals surface area contributed by atoms with Crippen LogP contribution in [0, 0.1) is 0 Å². The van der Waals surface area contributed by atoms with E-state index >= 15 is 0 Å². The fraction of sp³-hybridized carbons (Fsp3) is 0.375. The zero-order valence-corrected chi connectivity index (χ0v) is 17.4. The third-order valence-corrected chi connectivity index (χ3v) is 6.70. The van der Waals surface area contributed by atoms with Gasteiger partial charge in [-0.15, -0.1) is 0 Å². The molecule has 1 aromatic heterocycles. The molecule has 2 aromatic carbocycles. The van der Waals surface area contributed by atoms with Crippen molar-refractivity contribution in [3.8, 4) is 11.3 Å². The number of hydrogen-bond donors (Lipinski definition) is 0. The second kappa shape index (κ2) is 8.21. The number of hydrogen-bond acceptors (Lipinski definition) is 3. The number of piperazine rings is 1. The van der Waals surface area contributed by atoms with Crippen molar-refractivity contribution < 1.29 is 0 Å². The summed E-state index contributed by atoms with van der Waals surface area (Å²) in [6.45, 7) is 4.44. The van der Waals surface area contributed by atoms with E-state index in [1.165, 1.54) is 30.5 Å². The van der Waals surface area contributed by atoms with Crippen LogP contribution < -0.4 is 4.90 Å². The Kier molecular flexibility index (Phi) is 5.30. The van der Waals surface area contributed by atoms with E-state index in [0.29, 0.717) is 12.1 Å². The quantitative estimate of drug-likeness (QED) is 0.601. The Labute approximate surface area is 177 Å². The van der Waals surface area contributed by atoms with E-state index in [2.05, 4.69) is 69.2 Å². The molecule has 1 aliphatic heterocycles. The summed E-state index contributed by atoms with van der Waals surface area (Å²) in [5, 5.41) is 5.68. The molecule has 2 heterocycles. The number of aromatic nitrogens is 2. The number of anilines is 1. The maximum atomic E-state index is 6.03. The Hall–Kier alpha value is -2.30. The van der Waals surface area contributed by atoms with Crippen molar-refractivity contribution in [3.63, 3.8) is 0 Å². The molecule has 5 heteroatoms. The van der Waals surface area contributed by atoms with E-state index in [9.17, 15) is 0 Å². The Morgan fingerprint density at radius 2 is 1.52 bits per heavy atom. The fourth-order valence-corrected chi connectivity index (χ4v) is 4.93. The molecule has 0 N–H and O–H groups in total. The summed E-state index contributed by atoms with van der Waals surface area (Å²) in [7, 11) is 0. The summed E-state index contributed by atoms with van der Waals surface area (Å²) in [6.07, 6.45) is 5.86. The minimum Gasteiger partial charge on any atom is -0.369 e. The molecule has 4 nitrogen and oxygen atoms in total. The molecule has 5 rings (SSSR count). The van der Waals surface area contributed by atoms with Crippen LogP contribution in [0.4, 0.5) is 5.69 Å². The van der Waals surface area contributed by atoms with Gasteiger partial charge >= 0.3 is 0 Å². The minimum absolute atomic E-state index is 0.520. The maximum Gasteiger partial charge on any atom is 0.0923 e. The van der Waals surface area contributed by atoms with Crippen LogP contribution in [-0.2, 0) is 0 Å². The smallest absolute Gasteiger partial charge is 0.0923 e. The van der Waals surface area contributed by atoms with Gasteiger partial charge in [-0.2, -0.15) is 5.10 Å². The molecule has 3 aromatic rings. The first-order chi connectivity index (χ1) is 14.3. The van der Waals surface area contributed by atoms with Gasteiger partial charge in [-0.1, -0.05) is 41.9 Å². The molecule has 1 aliphatic carbocycles. The SMILES string of the molecule is Clc1ccc(N2CCN([C@H]3CC[C@@H](n4ccc(-c5ccccc5)n4)C3)CC2)cc1. The topological polar surface area (TPSA) is 24.3 Å². The summed E-state index contributed by atoms with van der Waals surface area (Å²) >= 11 is 6.03. The van der Waals surface area contributed by atoms with Crippen LogP contribution in [0.25, 0.3) is 11.3 Å². The van der Waals surface area contributed by atoms with Crippen molar-refractivity contribution in [1.82, 2.24) is 14.7 Å². The normalized spacial score (nSPS) is 22.9. The maximum absolute atomic E-state index is 6.03. The first kappa shape index (κ1) is 18.7. The summed E-state index contributed by atoms with van der Waals surface area (Å²) in [4.78, 5) is 5.16. The summed E-state index contributed by atoms with van der Waals surface area (Å²) in [5.74, 6) is 0. The Bertz CT molecular complexity index is 929. The van der Waals surface area contributed by atoms with Crippen LogP contribution in [0.1, 0.15) is 25.3 Å². The number of rotatable bonds is 4. The highest BCUT2D eigenvalue weighted by molar-refractivity contribution is 6.30. The Balaban J connectivity index is 1.18. The standard InChI is InChI=1S/C24H27ClN4/c25-20-6-8-21(9-7-20)27-14-16-28(17-15-27)22-10-11-23(18-22)29-13-12-24(26-29)19-4-2-1-3-5-19/h1-9,12-13,22-23H,10-11,14-18H2/t22-,23+/m0/s1. The summed E-state index contributed by atoms with van der Waals surface area (Å²) < 4.78 is 2.20. The zero-order valence-electron chi connectivity index (χ0n) is 16.6. The second-order valence-electron chi connectivity index (χ2n) is 8.17. The monoisotopic (exact) mass is 406 g/mol. The van der Waals surface area contributed by atoms with Gasteiger partial charge in [-0.3, -0.25) is 9.58 Å². The average Bonchev–Trinajstić information content (AvgIpc) is 3.45. The number of halogens is 1. The predicted molar refractivity (Wildman–Crippen MR) is 120 cm³/mol. The van der Waals surface area contributed by atoms with Crippen LogP contribution in [0.2, 0.25) is 5.02 Å². The van der Waals surface area contributed by atoms with Gasteiger partial charge in [-0.05, 0) is 49.6 Å². The van der Waals surface area contributed by atoms with Gasteiger partial charge in [-0.25, -0.2) is 0 Å². The van der Waals surface area contributed by atoms with Crippen LogP contribution >= 0.6 is 11.6 Å². The lowest BCUT2D eigenvalue weighted by molar-refractivity contribution is 0.183. The molecule has 0 radical (unpaired) electrons. The van der Waals surface area contributed by atoms with Gasteiger partial charge in [0.25, 0.3) is 0 Å². The largest absolute Gasteiger partial charge is 0.369 e. The highest BCUT2D eigenvalue weighted by atomic mass is 35.5. The predicted octanol–water partition coefficient (Wildman–Crippen LogP) is 5.12. The average molecular weight is 407 g/mol. The van der Waals surface area contributed by atoms with E-state index < -0.39 is 0 Å². The Morgan fingerprint density at radius 1 is 0.793 bits per heavy atom. The van der Waals surface area contributed by atoms with E-state index in [4.69, 9.17) is 16.7 Å².